The number of esters is 1. The van der Waals surface area contributed by atoms with Gasteiger partial charge >= 0.3 is 5.97 Å². The molecule has 0 aromatic heterocycles. The van der Waals surface area contributed by atoms with Crippen LogP contribution in [-0.2, 0) is 16.0 Å². The first kappa shape index (κ1) is 15.1. The Labute approximate surface area is 122 Å². The molecule has 1 aromatic carbocycles. The maximum Gasteiger partial charge on any atom is 0.310 e. The van der Waals surface area contributed by atoms with Crippen molar-refractivity contribution in [3.63, 3.8) is 0 Å². The van der Waals surface area contributed by atoms with Gasteiger partial charge in [0.25, 0.3) is 0 Å². The maximum absolute atomic E-state index is 12.2. The van der Waals surface area contributed by atoms with E-state index in [-0.39, 0.29) is 47.4 Å². The third-order valence-corrected chi connectivity index (χ3v) is 3.34. The quantitative estimate of drug-likeness (QED) is 0.566. The molecule has 0 spiro atoms. The van der Waals surface area contributed by atoms with Crippen molar-refractivity contribution in [2.75, 3.05) is 0 Å². The Balaban J connectivity index is 2.42. The Morgan fingerprint density at radius 2 is 1.95 bits per heavy atom. The molecule has 112 valence electrons. The van der Waals surface area contributed by atoms with E-state index in [4.69, 9.17) is 4.74 Å². The molecule has 1 aromatic rings. The maximum atomic E-state index is 12.2. The van der Waals surface area contributed by atoms with Crippen LogP contribution in [0, 0.1) is 0 Å². The summed E-state index contributed by atoms with van der Waals surface area (Å²) in [7, 11) is 0. The number of fused-ring (bicyclic) bond motifs is 1. The minimum atomic E-state index is -0.480. The fourth-order valence-electron chi connectivity index (χ4n) is 2.35. The number of carbonyl (C=O) groups excluding carboxylic acids is 2. The number of Topliss-reactive ketones (excluding diaryl/α,β-unsaturated/α-hetero) is 1. The van der Waals surface area contributed by atoms with Gasteiger partial charge in [0.1, 0.15) is 11.5 Å². The summed E-state index contributed by atoms with van der Waals surface area (Å²) in [5, 5.41) is 19.4. The van der Waals surface area contributed by atoms with Gasteiger partial charge in [-0.1, -0.05) is 12.2 Å². The van der Waals surface area contributed by atoms with Crippen LogP contribution >= 0.6 is 0 Å². The largest absolute Gasteiger partial charge is 0.508 e. The molecule has 1 heterocycles. The first-order chi connectivity index (χ1) is 9.97. The molecular weight excluding hydrogens is 272 g/mol. The average molecular weight is 290 g/mol. The van der Waals surface area contributed by atoms with Crippen molar-refractivity contribution >= 4 is 11.8 Å². The Bertz CT molecular complexity index is 589. The molecule has 1 atom stereocenters. The van der Waals surface area contributed by atoms with Crippen LogP contribution in [0.3, 0.4) is 0 Å². The van der Waals surface area contributed by atoms with Crippen LogP contribution in [0.15, 0.2) is 24.3 Å². The first-order valence-corrected chi connectivity index (χ1v) is 6.90. The van der Waals surface area contributed by atoms with Gasteiger partial charge < -0.3 is 14.9 Å². The topological polar surface area (TPSA) is 83.8 Å². The minimum Gasteiger partial charge on any atom is -0.508 e. The monoisotopic (exact) mass is 290 g/mol. The normalized spacial score (nSPS) is 21.7. The molecule has 0 fully saturated rings. The van der Waals surface area contributed by atoms with Crippen LogP contribution in [0.25, 0.3) is 0 Å². The second-order valence-electron chi connectivity index (χ2n) is 5.15. The smallest absolute Gasteiger partial charge is 0.310 e. The third kappa shape index (κ3) is 3.84. The summed E-state index contributed by atoms with van der Waals surface area (Å²) in [6.45, 7) is 1.81. The van der Waals surface area contributed by atoms with Crippen LogP contribution in [0.5, 0.6) is 11.5 Å². The summed E-state index contributed by atoms with van der Waals surface area (Å²) >= 11 is 0. The van der Waals surface area contributed by atoms with Crippen molar-refractivity contribution in [2.24, 2.45) is 0 Å². The summed E-state index contributed by atoms with van der Waals surface area (Å²) in [6, 6.07) is 2.41. The zero-order valence-corrected chi connectivity index (χ0v) is 11.8. The van der Waals surface area contributed by atoms with Gasteiger partial charge in [0.05, 0.1) is 18.1 Å². The number of phenolic OH excluding ortho intramolecular Hbond substituents is 2. The van der Waals surface area contributed by atoms with E-state index >= 15 is 0 Å². The number of ketones is 1. The number of benzene rings is 1. The van der Waals surface area contributed by atoms with Gasteiger partial charge in [-0.3, -0.25) is 9.59 Å². The molecule has 0 radical (unpaired) electrons. The summed E-state index contributed by atoms with van der Waals surface area (Å²) in [5.74, 6) is -1.28. The van der Waals surface area contributed by atoms with Gasteiger partial charge in [0.15, 0.2) is 5.78 Å². The Morgan fingerprint density at radius 3 is 2.71 bits per heavy atom. The van der Waals surface area contributed by atoms with Crippen molar-refractivity contribution in [1.29, 1.82) is 0 Å². The van der Waals surface area contributed by atoms with Gasteiger partial charge in [-0.15, -0.1) is 0 Å². The minimum absolute atomic E-state index is 0.0719. The van der Waals surface area contributed by atoms with E-state index in [0.29, 0.717) is 6.42 Å². The Hall–Kier alpha value is -2.30. The molecule has 21 heavy (non-hydrogen) atoms. The standard InChI is InChI=1S/C16H18O5/c1-10-5-3-2-4-6-13(18)16-11(8-15(20)21-10)7-12(17)9-14(16)19/h2,4,7,9-10,17,19H,3,5-6,8H2,1H3/b4-2+/t10-/m1/s1. The van der Waals surface area contributed by atoms with E-state index in [0.717, 1.165) is 12.5 Å². The van der Waals surface area contributed by atoms with Crippen LogP contribution in [0.2, 0.25) is 0 Å². The predicted octanol–water partition coefficient (Wildman–Crippen LogP) is 2.49. The molecule has 0 aliphatic carbocycles. The van der Waals surface area contributed by atoms with Gasteiger partial charge in [-0.2, -0.15) is 0 Å². The van der Waals surface area contributed by atoms with E-state index in [2.05, 4.69) is 0 Å². The van der Waals surface area contributed by atoms with Gasteiger partial charge in [-0.25, -0.2) is 0 Å². The third-order valence-electron chi connectivity index (χ3n) is 3.34. The van der Waals surface area contributed by atoms with E-state index in [1.54, 1.807) is 6.08 Å². The lowest BCUT2D eigenvalue weighted by Gasteiger charge is -2.15. The second kappa shape index (κ2) is 6.43. The molecule has 2 rings (SSSR count). The average Bonchev–Trinajstić information content (AvgIpc) is 2.35. The highest BCUT2D eigenvalue weighted by molar-refractivity contribution is 6.01. The zero-order chi connectivity index (χ0) is 15.4. The lowest BCUT2D eigenvalue weighted by Crippen LogP contribution is -2.18. The molecule has 1 aliphatic heterocycles. The van der Waals surface area contributed by atoms with Crippen molar-refractivity contribution in [3.05, 3.63) is 35.4 Å². The lowest BCUT2D eigenvalue weighted by molar-refractivity contribution is -0.147. The number of hydrogen-bond acceptors (Lipinski definition) is 5. The highest BCUT2D eigenvalue weighted by atomic mass is 16.5. The molecule has 1 aliphatic rings. The Morgan fingerprint density at radius 1 is 1.19 bits per heavy atom. The van der Waals surface area contributed by atoms with Crippen molar-refractivity contribution in [3.8, 4) is 11.5 Å². The number of phenols is 2. The molecular formula is C16H18O5. The molecule has 2 N–H and O–H groups in total. The van der Waals surface area contributed by atoms with E-state index < -0.39 is 5.97 Å². The van der Waals surface area contributed by atoms with Crippen LogP contribution < -0.4 is 0 Å². The Kier molecular flexibility index (Phi) is 4.62. The van der Waals surface area contributed by atoms with Crippen molar-refractivity contribution < 1.29 is 24.5 Å². The summed E-state index contributed by atoms with van der Waals surface area (Å²) in [6.07, 6.45) is 4.79. The van der Waals surface area contributed by atoms with Gasteiger partial charge in [0.2, 0.25) is 0 Å². The highest BCUT2D eigenvalue weighted by Gasteiger charge is 2.20. The fraction of sp³-hybridized carbons (Fsp3) is 0.375. The lowest BCUT2D eigenvalue weighted by atomic mass is 9.97. The van der Waals surface area contributed by atoms with Crippen LogP contribution in [0.1, 0.15) is 42.1 Å². The van der Waals surface area contributed by atoms with Crippen molar-refractivity contribution in [1.82, 2.24) is 0 Å². The summed E-state index contributed by atoms with van der Waals surface area (Å²) < 4.78 is 5.25. The SMILES string of the molecule is C[C@@H]1CC/C=C/CC(=O)c2c(O)cc(O)cc2CC(=O)O1. The van der Waals surface area contributed by atoms with E-state index in [1.165, 1.54) is 6.07 Å². The summed E-state index contributed by atoms with van der Waals surface area (Å²) in [4.78, 5) is 24.1. The number of hydrogen-bond donors (Lipinski definition) is 2. The van der Waals surface area contributed by atoms with Gasteiger partial charge in [-0.05, 0) is 31.4 Å². The number of ether oxygens (including phenoxy) is 1. The predicted molar refractivity (Wildman–Crippen MR) is 76.4 cm³/mol. The molecule has 5 nitrogen and oxygen atoms in total. The van der Waals surface area contributed by atoms with E-state index in [1.807, 2.05) is 13.0 Å². The number of aromatic hydroxyl groups is 2. The molecule has 0 amide bonds. The molecule has 0 saturated heterocycles. The molecule has 5 heteroatoms. The number of carbonyl (C=O) groups is 2. The number of rotatable bonds is 0. The summed E-state index contributed by atoms with van der Waals surface area (Å²) in [5.41, 5.74) is 0.353. The zero-order valence-electron chi connectivity index (χ0n) is 11.8. The second-order valence-corrected chi connectivity index (χ2v) is 5.15. The van der Waals surface area contributed by atoms with Crippen LogP contribution in [0.4, 0.5) is 0 Å². The van der Waals surface area contributed by atoms with Crippen molar-refractivity contribution in [2.45, 2.75) is 38.7 Å². The number of cyclic esters (lactones) is 1. The molecule has 0 bridgehead atoms. The number of allylic oxidation sites excluding steroid dienone is 2. The van der Waals surface area contributed by atoms with Gasteiger partial charge in [0, 0.05) is 12.5 Å². The highest BCUT2D eigenvalue weighted by Crippen LogP contribution is 2.29. The molecule has 0 saturated carbocycles. The first-order valence-electron chi connectivity index (χ1n) is 6.90. The van der Waals surface area contributed by atoms with Crippen LogP contribution in [-0.4, -0.2) is 28.1 Å². The van der Waals surface area contributed by atoms with E-state index in [9.17, 15) is 19.8 Å². The molecule has 0 unspecified atom stereocenters. The fourth-order valence-corrected chi connectivity index (χ4v) is 2.35.